The highest BCUT2D eigenvalue weighted by Crippen LogP contribution is 2.68. The first-order valence-electron chi connectivity index (χ1n) is 14.5. The van der Waals surface area contributed by atoms with Crippen LogP contribution in [-0.4, -0.2) is 53.7 Å². The van der Waals surface area contributed by atoms with E-state index in [0.717, 1.165) is 60.4 Å². The second kappa shape index (κ2) is 8.85. The van der Waals surface area contributed by atoms with Crippen molar-refractivity contribution in [1.82, 2.24) is 14.8 Å². The fourth-order valence-electron chi connectivity index (χ4n) is 9.76. The molecule has 0 bridgehead atoms. The third-order valence-corrected chi connectivity index (χ3v) is 11.6. The molecule has 4 aliphatic carbocycles. The molecular formula is C31H45N3O2. The van der Waals surface area contributed by atoms with Crippen molar-refractivity contribution in [3.63, 3.8) is 0 Å². The van der Waals surface area contributed by atoms with Crippen molar-refractivity contribution < 1.29 is 9.53 Å². The van der Waals surface area contributed by atoms with Crippen molar-refractivity contribution in [2.45, 2.75) is 90.8 Å². The van der Waals surface area contributed by atoms with E-state index in [0.29, 0.717) is 17.4 Å². The SMILES string of the molecule is Cc1cccc(CN(C)C(=O)OC2CCC3(C)C(=CCC4C3CCC35CN(C)C(C)C3CCC45)C2)n1. The summed E-state index contributed by atoms with van der Waals surface area (Å²) < 4.78 is 6.05. The lowest BCUT2D eigenvalue weighted by molar-refractivity contribution is -0.0503. The number of rotatable bonds is 3. The van der Waals surface area contributed by atoms with Crippen LogP contribution >= 0.6 is 0 Å². The molecule has 5 nitrogen and oxygen atoms in total. The minimum Gasteiger partial charge on any atom is -0.446 e. The maximum atomic E-state index is 12.9. The smallest absolute Gasteiger partial charge is 0.410 e. The molecule has 1 amide bonds. The van der Waals surface area contributed by atoms with Crippen molar-refractivity contribution in [2.75, 3.05) is 20.6 Å². The molecule has 1 aliphatic heterocycles. The van der Waals surface area contributed by atoms with Gasteiger partial charge in [-0.3, -0.25) is 4.98 Å². The molecule has 1 aromatic heterocycles. The van der Waals surface area contributed by atoms with Crippen molar-refractivity contribution in [3.8, 4) is 0 Å². The molecule has 8 unspecified atom stereocenters. The van der Waals surface area contributed by atoms with Crippen LogP contribution in [0.5, 0.6) is 0 Å². The third-order valence-electron chi connectivity index (χ3n) is 11.6. The number of pyridine rings is 1. The first-order chi connectivity index (χ1) is 17.2. The molecule has 3 saturated carbocycles. The predicted octanol–water partition coefficient (Wildman–Crippen LogP) is 6.22. The number of allylic oxidation sites excluding steroid dienone is 1. The number of aromatic nitrogens is 1. The Labute approximate surface area is 217 Å². The number of fused-ring (bicyclic) bond motifs is 4. The number of likely N-dealkylation sites (tertiary alicyclic amines) is 1. The van der Waals surface area contributed by atoms with E-state index < -0.39 is 0 Å². The predicted molar refractivity (Wildman–Crippen MR) is 142 cm³/mol. The number of hydrogen-bond donors (Lipinski definition) is 0. The molecule has 2 heterocycles. The number of aryl methyl sites for hydroxylation is 1. The van der Waals surface area contributed by atoms with Crippen LogP contribution in [0.3, 0.4) is 0 Å². The van der Waals surface area contributed by atoms with Crippen LogP contribution in [-0.2, 0) is 11.3 Å². The minimum atomic E-state index is -0.225. The van der Waals surface area contributed by atoms with Gasteiger partial charge in [-0.2, -0.15) is 0 Å². The minimum absolute atomic E-state index is 0.00332. The molecule has 1 spiro atoms. The fraction of sp³-hybridized carbons (Fsp3) is 0.742. The Morgan fingerprint density at radius 3 is 2.78 bits per heavy atom. The zero-order valence-corrected chi connectivity index (χ0v) is 23.0. The monoisotopic (exact) mass is 491 g/mol. The van der Waals surface area contributed by atoms with Crippen LogP contribution in [0.4, 0.5) is 4.79 Å². The summed E-state index contributed by atoms with van der Waals surface area (Å²) in [6, 6.07) is 6.69. The van der Waals surface area contributed by atoms with Crippen molar-refractivity contribution >= 4 is 6.09 Å². The number of nitrogens with zero attached hydrogens (tertiary/aromatic N) is 3. The highest BCUT2D eigenvalue weighted by molar-refractivity contribution is 5.67. The normalized spacial score (nSPS) is 41.5. The van der Waals surface area contributed by atoms with Gasteiger partial charge >= 0.3 is 6.09 Å². The zero-order valence-electron chi connectivity index (χ0n) is 23.0. The summed E-state index contributed by atoms with van der Waals surface area (Å²) in [5.41, 5.74) is 4.33. The van der Waals surface area contributed by atoms with E-state index in [2.05, 4.69) is 36.9 Å². The van der Waals surface area contributed by atoms with Crippen LogP contribution in [0.25, 0.3) is 0 Å². The summed E-state index contributed by atoms with van der Waals surface area (Å²) in [4.78, 5) is 21.8. The molecule has 4 fully saturated rings. The average Bonchev–Trinajstić information content (AvgIpc) is 3.33. The summed E-state index contributed by atoms with van der Waals surface area (Å²) in [5, 5.41) is 0. The molecule has 196 valence electrons. The van der Waals surface area contributed by atoms with E-state index in [1.54, 1.807) is 10.5 Å². The second-order valence-electron chi connectivity index (χ2n) is 13.2. The van der Waals surface area contributed by atoms with Crippen LogP contribution in [0, 0.1) is 41.4 Å². The quantitative estimate of drug-likeness (QED) is 0.471. The molecule has 6 rings (SSSR count). The Balaban J connectivity index is 1.12. The van der Waals surface area contributed by atoms with Gasteiger partial charge in [0.25, 0.3) is 0 Å². The molecule has 36 heavy (non-hydrogen) atoms. The van der Waals surface area contributed by atoms with Gasteiger partial charge < -0.3 is 14.5 Å². The van der Waals surface area contributed by atoms with Crippen molar-refractivity contribution in [1.29, 1.82) is 0 Å². The molecule has 5 aliphatic rings. The number of carbonyl (C=O) groups excluding carboxylic acids is 1. The van der Waals surface area contributed by atoms with Crippen LogP contribution in [0.2, 0.25) is 0 Å². The van der Waals surface area contributed by atoms with E-state index in [9.17, 15) is 4.79 Å². The number of ether oxygens (including phenoxy) is 1. The highest BCUT2D eigenvalue weighted by atomic mass is 16.6. The molecule has 8 atom stereocenters. The average molecular weight is 492 g/mol. The van der Waals surface area contributed by atoms with Gasteiger partial charge in [-0.1, -0.05) is 24.6 Å². The van der Waals surface area contributed by atoms with Crippen LogP contribution in [0.1, 0.15) is 76.6 Å². The Morgan fingerprint density at radius 1 is 1.17 bits per heavy atom. The Bertz CT molecular complexity index is 1050. The van der Waals surface area contributed by atoms with E-state index >= 15 is 0 Å². The van der Waals surface area contributed by atoms with Gasteiger partial charge in [-0.25, -0.2) is 4.79 Å². The number of carbonyl (C=O) groups is 1. The first-order valence-corrected chi connectivity index (χ1v) is 14.5. The molecule has 1 aromatic rings. The molecule has 0 aromatic carbocycles. The molecule has 0 N–H and O–H groups in total. The van der Waals surface area contributed by atoms with Crippen LogP contribution in [0.15, 0.2) is 29.8 Å². The Kier molecular flexibility index (Phi) is 6.02. The second-order valence-corrected chi connectivity index (χ2v) is 13.2. The van der Waals surface area contributed by atoms with E-state index in [1.165, 1.54) is 38.6 Å². The lowest BCUT2D eigenvalue weighted by Gasteiger charge is -2.58. The van der Waals surface area contributed by atoms with Crippen molar-refractivity contribution in [3.05, 3.63) is 41.2 Å². The van der Waals surface area contributed by atoms with Crippen molar-refractivity contribution in [2.24, 2.45) is 34.5 Å². The maximum absolute atomic E-state index is 12.9. The van der Waals surface area contributed by atoms with Gasteiger partial charge in [0.2, 0.25) is 0 Å². The fourth-order valence-corrected chi connectivity index (χ4v) is 9.76. The van der Waals surface area contributed by atoms with Gasteiger partial charge in [0.15, 0.2) is 0 Å². The van der Waals surface area contributed by atoms with E-state index in [4.69, 9.17) is 4.74 Å². The van der Waals surface area contributed by atoms with E-state index in [-0.39, 0.29) is 12.2 Å². The molecule has 0 radical (unpaired) electrons. The van der Waals surface area contributed by atoms with Gasteiger partial charge in [0.1, 0.15) is 6.10 Å². The number of hydrogen-bond acceptors (Lipinski definition) is 4. The summed E-state index contributed by atoms with van der Waals surface area (Å²) in [5.74, 6) is 3.47. The van der Waals surface area contributed by atoms with Gasteiger partial charge in [0, 0.05) is 31.7 Å². The van der Waals surface area contributed by atoms with Gasteiger partial charge in [-0.15, -0.1) is 0 Å². The first kappa shape index (κ1) is 24.5. The largest absolute Gasteiger partial charge is 0.446 e. The van der Waals surface area contributed by atoms with Crippen LogP contribution < -0.4 is 0 Å². The molecular weight excluding hydrogens is 446 g/mol. The third kappa shape index (κ3) is 3.75. The van der Waals surface area contributed by atoms with E-state index in [1.807, 2.05) is 32.2 Å². The lowest BCUT2D eigenvalue weighted by atomic mass is 9.47. The van der Waals surface area contributed by atoms with Gasteiger partial charge in [-0.05, 0) is 112 Å². The summed E-state index contributed by atoms with van der Waals surface area (Å²) in [6.45, 7) is 8.81. The molecule has 1 saturated heterocycles. The lowest BCUT2D eigenvalue weighted by Crippen LogP contribution is -2.52. The molecule has 5 heteroatoms. The Hall–Kier alpha value is -1.88. The maximum Gasteiger partial charge on any atom is 0.410 e. The standard InChI is InChI=1S/C31H45N3O2/c1-20-7-6-8-23(32-20)18-33(4)29(35)36-24-13-15-30(3)22(17-24)9-10-25-27(30)14-16-31-19-34(5)21(2)26(31)11-12-28(25)31/h6-9,21,24-28H,10-19H2,1-5H3. The summed E-state index contributed by atoms with van der Waals surface area (Å²) in [7, 11) is 4.18. The highest BCUT2D eigenvalue weighted by Gasteiger charge is 2.64. The van der Waals surface area contributed by atoms with Gasteiger partial charge in [0.05, 0.1) is 12.2 Å². The number of amides is 1. The topological polar surface area (TPSA) is 45.7 Å². The summed E-state index contributed by atoms with van der Waals surface area (Å²) >= 11 is 0. The summed E-state index contributed by atoms with van der Waals surface area (Å²) in [6.07, 6.45) is 12.4. The Morgan fingerprint density at radius 2 is 1.97 bits per heavy atom. The zero-order chi connectivity index (χ0) is 25.2.